The molecule has 1 saturated heterocycles. The second kappa shape index (κ2) is 9.32. The number of rotatable bonds is 6. The van der Waals surface area contributed by atoms with Crippen molar-refractivity contribution in [1.82, 2.24) is 9.80 Å². The van der Waals surface area contributed by atoms with Crippen LogP contribution in [0.15, 0.2) is 24.3 Å². The largest absolute Gasteiger partial charge is 0.466 e. The zero-order chi connectivity index (χ0) is 20.1. The minimum atomic E-state index is -2.98. The predicted molar refractivity (Wildman–Crippen MR) is 98.3 cm³/mol. The highest BCUT2D eigenvalue weighted by Gasteiger charge is 2.39. The lowest BCUT2D eigenvalue weighted by atomic mass is 10.0. The third kappa shape index (κ3) is 4.60. The number of halogens is 2. The van der Waals surface area contributed by atoms with Crippen molar-refractivity contribution in [3.8, 4) is 5.75 Å². The van der Waals surface area contributed by atoms with Crippen LogP contribution in [0.1, 0.15) is 36.5 Å². The number of ether oxygens (including phenoxy) is 2. The van der Waals surface area contributed by atoms with E-state index in [9.17, 15) is 18.4 Å². The first kappa shape index (κ1) is 20.5. The standard InChI is InChI=1S/C20H26F2N2O4/c1-2-27-19(26)14-7-5-8-16(14)23-10-12-24(13-11-23)18(25)15-6-3-4-9-17(15)28-20(21)22/h3-4,6,9,14,16,20H,2,5,7-8,10-13H2,1H3/t14-,16+/m0/s1. The van der Waals surface area contributed by atoms with Crippen LogP contribution in [-0.4, -0.2) is 67.1 Å². The van der Waals surface area contributed by atoms with Gasteiger partial charge in [0.05, 0.1) is 18.1 Å². The highest BCUT2D eigenvalue weighted by atomic mass is 19.3. The van der Waals surface area contributed by atoms with E-state index in [0.717, 1.165) is 19.3 Å². The quantitative estimate of drug-likeness (QED) is 0.692. The smallest absolute Gasteiger partial charge is 0.387 e. The van der Waals surface area contributed by atoms with Crippen LogP contribution in [0.3, 0.4) is 0 Å². The zero-order valence-corrected chi connectivity index (χ0v) is 16.0. The number of carbonyl (C=O) groups excluding carboxylic acids is 2. The van der Waals surface area contributed by atoms with Crippen LogP contribution in [0.25, 0.3) is 0 Å². The van der Waals surface area contributed by atoms with Gasteiger partial charge in [0.25, 0.3) is 5.91 Å². The summed E-state index contributed by atoms with van der Waals surface area (Å²) >= 11 is 0. The van der Waals surface area contributed by atoms with Gasteiger partial charge in [-0.05, 0) is 31.9 Å². The lowest BCUT2D eigenvalue weighted by Crippen LogP contribution is -2.53. The van der Waals surface area contributed by atoms with Crippen LogP contribution in [0.5, 0.6) is 5.75 Å². The van der Waals surface area contributed by atoms with Gasteiger partial charge >= 0.3 is 12.6 Å². The molecular weight excluding hydrogens is 370 g/mol. The maximum Gasteiger partial charge on any atom is 0.387 e. The number of nitrogens with zero attached hydrogens (tertiary/aromatic N) is 2. The number of para-hydroxylation sites is 1. The molecule has 0 aromatic heterocycles. The highest BCUT2D eigenvalue weighted by Crippen LogP contribution is 2.32. The summed E-state index contributed by atoms with van der Waals surface area (Å²) in [5.74, 6) is -0.670. The molecule has 2 aliphatic rings. The van der Waals surface area contributed by atoms with Crippen molar-refractivity contribution in [3.05, 3.63) is 29.8 Å². The number of benzene rings is 1. The van der Waals surface area contributed by atoms with Gasteiger partial charge in [0.2, 0.25) is 0 Å². The molecule has 1 aliphatic heterocycles. The number of hydrogen-bond donors (Lipinski definition) is 0. The molecule has 1 amide bonds. The first-order chi connectivity index (χ1) is 13.5. The fraction of sp³-hybridized carbons (Fsp3) is 0.600. The van der Waals surface area contributed by atoms with Gasteiger partial charge in [0.1, 0.15) is 5.75 Å². The summed E-state index contributed by atoms with van der Waals surface area (Å²) in [5.41, 5.74) is 0.140. The van der Waals surface area contributed by atoms with Gasteiger partial charge in [-0.2, -0.15) is 8.78 Å². The molecule has 6 nitrogen and oxygen atoms in total. The monoisotopic (exact) mass is 396 g/mol. The Kier molecular flexibility index (Phi) is 6.83. The van der Waals surface area contributed by atoms with Crippen LogP contribution < -0.4 is 4.74 Å². The summed E-state index contributed by atoms with van der Waals surface area (Å²) in [7, 11) is 0. The minimum absolute atomic E-state index is 0.108. The number of alkyl halides is 2. The van der Waals surface area contributed by atoms with Crippen LogP contribution in [0.2, 0.25) is 0 Å². The lowest BCUT2D eigenvalue weighted by Gasteiger charge is -2.39. The van der Waals surface area contributed by atoms with Crippen molar-refractivity contribution in [3.63, 3.8) is 0 Å². The summed E-state index contributed by atoms with van der Waals surface area (Å²) in [4.78, 5) is 28.9. The number of amides is 1. The van der Waals surface area contributed by atoms with Crippen molar-refractivity contribution >= 4 is 11.9 Å². The van der Waals surface area contributed by atoms with Gasteiger partial charge in [-0.25, -0.2) is 0 Å². The van der Waals surface area contributed by atoms with Crippen LogP contribution in [0.4, 0.5) is 8.78 Å². The van der Waals surface area contributed by atoms with E-state index >= 15 is 0 Å². The van der Waals surface area contributed by atoms with Crippen molar-refractivity contribution < 1.29 is 27.8 Å². The fourth-order valence-corrected chi connectivity index (χ4v) is 4.17. The third-order valence-corrected chi connectivity index (χ3v) is 5.47. The topological polar surface area (TPSA) is 59.1 Å². The van der Waals surface area contributed by atoms with E-state index in [2.05, 4.69) is 9.64 Å². The molecule has 28 heavy (non-hydrogen) atoms. The Bertz CT molecular complexity index is 693. The van der Waals surface area contributed by atoms with Crippen LogP contribution in [-0.2, 0) is 9.53 Å². The molecule has 2 fully saturated rings. The van der Waals surface area contributed by atoms with Gasteiger partial charge in [0.15, 0.2) is 0 Å². The van der Waals surface area contributed by atoms with E-state index in [-0.39, 0.29) is 35.1 Å². The Morgan fingerprint density at radius 1 is 1.14 bits per heavy atom. The Balaban J connectivity index is 1.61. The molecule has 154 valence electrons. The van der Waals surface area contributed by atoms with Crippen molar-refractivity contribution in [2.75, 3.05) is 32.8 Å². The Morgan fingerprint density at radius 2 is 1.86 bits per heavy atom. The molecule has 1 aromatic rings. The maximum atomic E-state index is 12.8. The third-order valence-electron chi connectivity index (χ3n) is 5.47. The Labute approximate surface area is 163 Å². The Hall–Kier alpha value is -2.22. The summed E-state index contributed by atoms with van der Waals surface area (Å²) in [6.07, 6.45) is 2.77. The van der Waals surface area contributed by atoms with Crippen molar-refractivity contribution in [2.45, 2.75) is 38.8 Å². The molecule has 1 aromatic carbocycles. The maximum absolute atomic E-state index is 12.8. The molecule has 2 atom stereocenters. The van der Waals surface area contributed by atoms with E-state index in [1.807, 2.05) is 6.92 Å². The SMILES string of the molecule is CCOC(=O)[C@H]1CCC[C@H]1N1CCN(C(=O)c2ccccc2OC(F)F)CC1. The summed E-state index contributed by atoms with van der Waals surface area (Å²) in [6, 6.07) is 6.20. The number of piperazine rings is 1. The first-order valence-electron chi connectivity index (χ1n) is 9.75. The second-order valence-corrected chi connectivity index (χ2v) is 7.06. The molecular formula is C20H26F2N2O4. The van der Waals surface area contributed by atoms with E-state index in [0.29, 0.717) is 32.8 Å². The van der Waals surface area contributed by atoms with Gasteiger partial charge in [-0.1, -0.05) is 18.6 Å². The molecule has 3 rings (SSSR count). The summed E-state index contributed by atoms with van der Waals surface area (Å²) in [5, 5.41) is 0. The van der Waals surface area contributed by atoms with E-state index < -0.39 is 6.61 Å². The molecule has 0 spiro atoms. The van der Waals surface area contributed by atoms with Crippen molar-refractivity contribution in [2.24, 2.45) is 5.92 Å². The first-order valence-corrected chi connectivity index (χ1v) is 9.75. The lowest BCUT2D eigenvalue weighted by molar-refractivity contribution is -0.150. The minimum Gasteiger partial charge on any atom is -0.466 e. The molecule has 0 radical (unpaired) electrons. The summed E-state index contributed by atoms with van der Waals surface area (Å²) in [6.45, 7) is 1.45. The normalized spacial score (nSPS) is 23.1. The van der Waals surface area contributed by atoms with Crippen molar-refractivity contribution in [1.29, 1.82) is 0 Å². The Morgan fingerprint density at radius 3 is 2.54 bits per heavy atom. The zero-order valence-electron chi connectivity index (χ0n) is 16.0. The summed E-state index contributed by atoms with van der Waals surface area (Å²) < 4.78 is 34.9. The highest BCUT2D eigenvalue weighted by molar-refractivity contribution is 5.97. The van der Waals surface area contributed by atoms with Crippen LogP contribution >= 0.6 is 0 Å². The van der Waals surface area contributed by atoms with Gasteiger partial charge in [-0.15, -0.1) is 0 Å². The van der Waals surface area contributed by atoms with E-state index in [4.69, 9.17) is 4.74 Å². The predicted octanol–water partition coefficient (Wildman–Crippen LogP) is 2.78. The number of esters is 1. The molecule has 0 N–H and O–H groups in total. The van der Waals surface area contributed by atoms with Crippen LogP contribution in [0, 0.1) is 5.92 Å². The average Bonchev–Trinajstić information content (AvgIpc) is 3.18. The molecule has 8 heteroatoms. The number of hydrogen-bond acceptors (Lipinski definition) is 5. The molecule has 1 aliphatic carbocycles. The second-order valence-electron chi connectivity index (χ2n) is 7.06. The van der Waals surface area contributed by atoms with E-state index in [1.165, 1.54) is 12.1 Å². The molecule has 0 bridgehead atoms. The van der Waals surface area contributed by atoms with Gasteiger partial charge in [-0.3, -0.25) is 14.5 Å². The molecule has 1 saturated carbocycles. The fourth-order valence-electron chi connectivity index (χ4n) is 4.17. The van der Waals surface area contributed by atoms with Gasteiger partial charge < -0.3 is 14.4 Å². The van der Waals surface area contributed by atoms with Gasteiger partial charge in [0, 0.05) is 32.2 Å². The molecule has 0 unspecified atom stereocenters. The average molecular weight is 396 g/mol. The number of carbonyl (C=O) groups is 2. The van der Waals surface area contributed by atoms with E-state index in [1.54, 1.807) is 17.0 Å². The molecule has 1 heterocycles.